The Labute approximate surface area is 180 Å². The third kappa shape index (κ3) is 4.77. The Balaban J connectivity index is 1.37. The van der Waals surface area contributed by atoms with Gasteiger partial charge in [0.05, 0.1) is 4.90 Å². The van der Waals surface area contributed by atoms with Gasteiger partial charge in [0.15, 0.2) is 0 Å². The summed E-state index contributed by atoms with van der Waals surface area (Å²) in [6, 6.07) is 10.2. The van der Waals surface area contributed by atoms with Crippen molar-refractivity contribution in [2.75, 3.05) is 16.8 Å². The summed E-state index contributed by atoms with van der Waals surface area (Å²) in [5.41, 5.74) is 1.91. The molecule has 1 aliphatic carbocycles. The van der Waals surface area contributed by atoms with Crippen molar-refractivity contribution in [1.29, 1.82) is 0 Å². The molecule has 2 aromatic carbocycles. The van der Waals surface area contributed by atoms with Crippen molar-refractivity contribution in [1.82, 2.24) is 4.72 Å². The van der Waals surface area contributed by atoms with Gasteiger partial charge in [0, 0.05) is 36.3 Å². The number of benzene rings is 2. The van der Waals surface area contributed by atoms with Crippen LogP contribution in [-0.2, 0) is 26.0 Å². The maximum Gasteiger partial charge on any atom is 0.240 e. The second kappa shape index (κ2) is 8.39. The number of amides is 2. The van der Waals surface area contributed by atoms with Crippen molar-refractivity contribution in [3.8, 4) is 0 Å². The summed E-state index contributed by atoms with van der Waals surface area (Å²) in [5.74, 6) is -0.687. The molecule has 1 saturated carbocycles. The van der Waals surface area contributed by atoms with Crippen molar-refractivity contribution in [2.45, 2.75) is 43.5 Å². The van der Waals surface area contributed by atoms with Crippen LogP contribution in [0.25, 0.3) is 0 Å². The summed E-state index contributed by atoms with van der Waals surface area (Å²) in [7, 11) is -3.81. The zero-order valence-electron chi connectivity index (χ0n) is 17.1. The number of halogens is 1. The number of nitrogens with zero attached hydrogens (tertiary/aromatic N) is 1. The summed E-state index contributed by atoms with van der Waals surface area (Å²) in [5, 5.41) is 2.53. The van der Waals surface area contributed by atoms with Gasteiger partial charge in [0.25, 0.3) is 0 Å². The molecule has 1 heterocycles. The molecule has 0 saturated heterocycles. The van der Waals surface area contributed by atoms with Gasteiger partial charge in [-0.2, -0.15) is 0 Å². The molecule has 31 heavy (non-hydrogen) atoms. The molecule has 2 aliphatic rings. The van der Waals surface area contributed by atoms with Gasteiger partial charge in [0.1, 0.15) is 5.82 Å². The van der Waals surface area contributed by atoms with Gasteiger partial charge in [-0.3, -0.25) is 9.59 Å². The zero-order valence-corrected chi connectivity index (χ0v) is 17.9. The molecule has 0 bridgehead atoms. The molecule has 164 valence electrons. The quantitative estimate of drug-likeness (QED) is 0.685. The molecule has 7 nitrogen and oxygen atoms in total. The van der Waals surface area contributed by atoms with Gasteiger partial charge in [-0.25, -0.2) is 17.5 Å². The normalized spacial score (nSPS) is 18.0. The first kappa shape index (κ1) is 21.5. The molecule has 2 amide bonds. The highest BCUT2D eigenvalue weighted by Crippen LogP contribution is 2.39. The van der Waals surface area contributed by atoms with E-state index in [9.17, 15) is 22.4 Å². The molecule has 9 heteroatoms. The monoisotopic (exact) mass is 445 g/mol. The van der Waals surface area contributed by atoms with Crippen LogP contribution >= 0.6 is 0 Å². The third-order valence-corrected chi connectivity index (χ3v) is 6.95. The van der Waals surface area contributed by atoms with Gasteiger partial charge in [0.2, 0.25) is 21.8 Å². The van der Waals surface area contributed by atoms with Crippen LogP contribution in [0.3, 0.4) is 0 Å². The van der Waals surface area contributed by atoms with Crippen molar-refractivity contribution in [3.63, 3.8) is 0 Å². The lowest BCUT2D eigenvalue weighted by atomic mass is 10.1. The number of fused-ring (bicyclic) bond motifs is 1. The Morgan fingerprint density at radius 3 is 2.65 bits per heavy atom. The summed E-state index contributed by atoms with van der Waals surface area (Å²) >= 11 is 0. The zero-order chi connectivity index (χ0) is 22.2. The number of rotatable bonds is 7. The summed E-state index contributed by atoms with van der Waals surface area (Å²) in [4.78, 5) is 26.4. The van der Waals surface area contributed by atoms with Gasteiger partial charge in [-0.1, -0.05) is 6.07 Å². The van der Waals surface area contributed by atoms with E-state index in [1.54, 1.807) is 23.1 Å². The standard InChI is InChI=1S/C22H24FN3O4S/c1-14-11-16-12-19(7-8-20(16)26(14)22(28)15-5-6-15)31(29,30)24-10-9-21(27)25-18-4-2-3-17(23)13-18/h2-4,7-8,12-15,24H,5-6,9-11H2,1H3,(H,25,27). The van der Waals surface area contributed by atoms with Crippen molar-refractivity contribution >= 4 is 33.2 Å². The SMILES string of the molecule is CC1Cc2cc(S(=O)(=O)NCCC(=O)Nc3cccc(F)c3)ccc2N1C(=O)C1CC1. The first-order chi connectivity index (χ1) is 14.7. The van der Waals surface area contributed by atoms with Crippen LogP contribution in [0.2, 0.25) is 0 Å². The molecule has 2 aromatic rings. The lowest BCUT2D eigenvalue weighted by Gasteiger charge is -2.22. The lowest BCUT2D eigenvalue weighted by Crippen LogP contribution is -2.36. The Kier molecular flexibility index (Phi) is 5.81. The van der Waals surface area contributed by atoms with Gasteiger partial charge in [-0.05, 0) is 68.1 Å². The number of carbonyl (C=O) groups excluding carboxylic acids is 2. The van der Waals surface area contributed by atoms with E-state index in [0.29, 0.717) is 12.1 Å². The Hall–Kier alpha value is -2.78. The minimum atomic E-state index is -3.81. The Bertz CT molecular complexity index is 1130. The lowest BCUT2D eigenvalue weighted by molar-refractivity contribution is -0.120. The highest BCUT2D eigenvalue weighted by atomic mass is 32.2. The molecule has 0 spiro atoms. The van der Waals surface area contributed by atoms with Crippen molar-refractivity contribution < 1.29 is 22.4 Å². The molecule has 4 rings (SSSR count). The second-order valence-electron chi connectivity index (χ2n) is 8.03. The largest absolute Gasteiger partial charge is 0.326 e. The van der Waals surface area contributed by atoms with E-state index in [2.05, 4.69) is 10.0 Å². The van der Waals surface area contributed by atoms with Crippen LogP contribution in [0.4, 0.5) is 15.8 Å². The van der Waals surface area contributed by atoms with Gasteiger partial charge in [-0.15, -0.1) is 0 Å². The van der Waals surface area contributed by atoms with E-state index >= 15 is 0 Å². The maximum atomic E-state index is 13.2. The number of hydrogen-bond donors (Lipinski definition) is 2. The van der Waals surface area contributed by atoms with E-state index < -0.39 is 21.7 Å². The molecule has 1 fully saturated rings. The van der Waals surface area contributed by atoms with E-state index in [1.165, 1.54) is 24.3 Å². The molecule has 1 atom stereocenters. The number of hydrogen-bond acceptors (Lipinski definition) is 4. The topological polar surface area (TPSA) is 95.6 Å². The number of sulfonamides is 1. The van der Waals surface area contributed by atoms with Gasteiger partial charge >= 0.3 is 0 Å². The molecular formula is C22H24FN3O4S. The number of carbonyl (C=O) groups is 2. The third-order valence-electron chi connectivity index (χ3n) is 5.49. The van der Waals surface area contributed by atoms with E-state index in [-0.39, 0.29) is 35.7 Å². The minimum Gasteiger partial charge on any atom is -0.326 e. The second-order valence-corrected chi connectivity index (χ2v) is 9.80. The number of nitrogens with one attached hydrogen (secondary N) is 2. The highest BCUT2D eigenvalue weighted by Gasteiger charge is 2.39. The van der Waals surface area contributed by atoms with Crippen molar-refractivity contribution in [2.24, 2.45) is 5.92 Å². The molecule has 0 aromatic heterocycles. The summed E-state index contributed by atoms with van der Waals surface area (Å²) in [6.07, 6.45) is 2.34. The molecule has 1 aliphatic heterocycles. The van der Waals surface area contributed by atoms with Gasteiger partial charge < -0.3 is 10.2 Å². The Morgan fingerprint density at radius 2 is 1.94 bits per heavy atom. The maximum absolute atomic E-state index is 13.2. The summed E-state index contributed by atoms with van der Waals surface area (Å²) < 4.78 is 40.9. The van der Waals surface area contributed by atoms with Crippen LogP contribution in [0.15, 0.2) is 47.4 Å². The smallest absolute Gasteiger partial charge is 0.240 e. The predicted octanol–water partition coefficient (Wildman–Crippen LogP) is 2.82. The minimum absolute atomic E-state index is 0.000493. The molecule has 2 N–H and O–H groups in total. The predicted molar refractivity (Wildman–Crippen MR) is 115 cm³/mol. The van der Waals surface area contributed by atoms with Crippen LogP contribution in [0.1, 0.15) is 31.7 Å². The van der Waals surface area contributed by atoms with Crippen LogP contribution in [0, 0.1) is 11.7 Å². The average Bonchev–Trinajstić information content (AvgIpc) is 3.49. The van der Waals surface area contributed by atoms with E-state index in [1.807, 2.05) is 6.92 Å². The fourth-order valence-corrected chi connectivity index (χ4v) is 4.89. The van der Waals surface area contributed by atoms with Crippen LogP contribution < -0.4 is 14.9 Å². The number of anilines is 2. The fraction of sp³-hybridized carbons (Fsp3) is 0.364. The average molecular weight is 446 g/mol. The highest BCUT2D eigenvalue weighted by molar-refractivity contribution is 7.89. The van der Waals surface area contributed by atoms with Crippen LogP contribution in [0.5, 0.6) is 0 Å². The van der Waals surface area contributed by atoms with E-state index in [0.717, 1.165) is 24.1 Å². The fourth-order valence-electron chi connectivity index (χ4n) is 3.81. The molecule has 0 radical (unpaired) electrons. The van der Waals surface area contributed by atoms with Crippen molar-refractivity contribution in [3.05, 3.63) is 53.8 Å². The molecule has 1 unspecified atom stereocenters. The first-order valence-corrected chi connectivity index (χ1v) is 11.7. The first-order valence-electron chi connectivity index (χ1n) is 10.3. The molecular weight excluding hydrogens is 421 g/mol. The Morgan fingerprint density at radius 1 is 1.16 bits per heavy atom. The van der Waals surface area contributed by atoms with E-state index in [4.69, 9.17) is 0 Å². The summed E-state index contributed by atoms with van der Waals surface area (Å²) in [6.45, 7) is 1.87. The van der Waals surface area contributed by atoms with Crippen LogP contribution in [-0.4, -0.2) is 32.8 Å².